The standard InChI is InChI=1S/C20H20FN3O4S2/c1-28-14-6-4-5-13(9-14)22-19(25)10-24(17-8-3-2-7-15(17)21)20-23-16-11-30(26,27)12-18(16)29-20/h2-9,16,18H,10-12H2,1H3,(H,22,25)/t16-,18+/m1/s1. The Hall–Kier alpha value is -2.59. The molecule has 1 saturated heterocycles. The van der Waals surface area contributed by atoms with Gasteiger partial charge in [0.2, 0.25) is 5.91 Å². The maximum Gasteiger partial charge on any atom is 0.244 e. The molecule has 4 rings (SSSR count). The predicted molar refractivity (Wildman–Crippen MR) is 117 cm³/mol. The maximum absolute atomic E-state index is 14.5. The van der Waals surface area contributed by atoms with E-state index in [0.717, 1.165) is 0 Å². The topological polar surface area (TPSA) is 88.1 Å². The van der Waals surface area contributed by atoms with Crippen molar-refractivity contribution in [2.45, 2.75) is 11.3 Å². The van der Waals surface area contributed by atoms with Crippen LogP contribution in [0.2, 0.25) is 0 Å². The third-order valence-corrected chi connectivity index (χ3v) is 8.08. The molecule has 2 aliphatic rings. The highest BCUT2D eigenvalue weighted by Crippen LogP contribution is 2.37. The number of fused-ring (bicyclic) bond motifs is 1. The normalized spacial score (nSPS) is 21.6. The van der Waals surface area contributed by atoms with E-state index in [2.05, 4.69) is 10.3 Å². The molecule has 2 heterocycles. The van der Waals surface area contributed by atoms with Gasteiger partial charge >= 0.3 is 0 Å². The number of nitrogens with zero attached hydrogens (tertiary/aromatic N) is 2. The van der Waals surface area contributed by atoms with Crippen LogP contribution in [0.5, 0.6) is 5.75 Å². The molecule has 10 heteroatoms. The van der Waals surface area contributed by atoms with Gasteiger partial charge in [0.25, 0.3) is 0 Å². The third-order valence-electron chi connectivity index (χ3n) is 4.83. The Morgan fingerprint density at radius 1 is 1.27 bits per heavy atom. The van der Waals surface area contributed by atoms with E-state index in [-0.39, 0.29) is 40.9 Å². The van der Waals surface area contributed by atoms with Crippen LogP contribution in [0.1, 0.15) is 0 Å². The number of anilines is 2. The quantitative estimate of drug-likeness (QED) is 0.755. The lowest BCUT2D eigenvalue weighted by atomic mass is 10.2. The minimum absolute atomic E-state index is 0.0186. The van der Waals surface area contributed by atoms with E-state index in [1.54, 1.807) is 42.5 Å². The molecular formula is C20H20FN3O4S2. The third kappa shape index (κ3) is 4.44. The molecule has 7 nitrogen and oxygen atoms in total. The molecule has 0 unspecified atom stereocenters. The average Bonchev–Trinajstić information content (AvgIpc) is 3.20. The van der Waals surface area contributed by atoms with E-state index < -0.39 is 15.7 Å². The Morgan fingerprint density at radius 3 is 2.80 bits per heavy atom. The number of rotatable bonds is 5. The van der Waals surface area contributed by atoms with Gasteiger partial charge in [-0.3, -0.25) is 9.79 Å². The first-order chi connectivity index (χ1) is 14.3. The fourth-order valence-corrected chi connectivity index (χ4v) is 7.22. The van der Waals surface area contributed by atoms with E-state index in [9.17, 15) is 17.6 Å². The summed E-state index contributed by atoms with van der Waals surface area (Å²) < 4.78 is 43.4. The first-order valence-corrected chi connectivity index (χ1v) is 12.0. The number of aliphatic imine (C=N–C) groups is 1. The van der Waals surface area contributed by atoms with E-state index in [0.29, 0.717) is 16.6 Å². The molecule has 0 radical (unpaired) electrons. The Morgan fingerprint density at radius 2 is 2.07 bits per heavy atom. The SMILES string of the molecule is COc1cccc(NC(=O)CN(C2=N[C@@H]3CS(=O)(=O)C[C@@H]3S2)c2ccccc2F)c1. The van der Waals surface area contributed by atoms with Gasteiger partial charge in [-0.15, -0.1) is 0 Å². The van der Waals surface area contributed by atoms with Crippen molar-refractivity contribution in [3.05, 3.63) is 54.3 Å². The molecule has 1 fully saturated rings. The summed E-state index contributed by atoms with van der Waals surface area (Å²) in [7, 11) is -1.57. The number of sulfone groups is 1. The van der Waals surface area contributed by atoms with Crippen LogP contribution in [-0.2, 0) is 14.6 Å². The molecule has 158 valence electrons. The van der Waals surface area contributed by atoms with E-state index >= 15 is 0 Å². The second kappa shape index (κ2) is 8.27. The van der Waals surface area contributed by atoms with Gasteiger partial charge in [-0.2, -0.15) is 0 Å². The van der Waals surface area contributed by atoms with Crippen LogP contribution in [0.3, 0.4) is 0 Å². The number of thioether (sulfide) groups is 1. The summed E-state index contributed by atoms with van der Waals surface area (Å²) in [5.74, 6) is -0.228. The minimum Gasteiger partial charge on any atom is -0.497 e. The summed E-state index contributed by atoms with van der Waals surface area (Å²) in [4.78, 5) is 18.7. The molecule has 0 saturated carbocycles. The number of benzene rings is 2. The first kappa shape index (κ1) is 20.7. The van der Waals surface area contributed by atoms with E-state index in [4.69, 9.17) is 4.74 Å². The highest BCUT2D eigenvalue weighted by molar-refractivity contribution is 8.15. The van der Waals surface area contributed by atoms with Crippen molar-refractivity contribution in [1.82, 2.24) is 0 Å². The molecule has 2 aromatic rings. The molecule has 2 aliphatic heterocycles. The highest BCUT2D eigenvalue weighted by Gasteiger charge is 2.44. The van der Waals surface area contributed by atoms with Crippen molar-refractivity contribution < 1.29 is 22.3 Å². The minimum atomic E-state index is -3.11. The number of hydrogen-bond donors (Lipinski definition) is 1. The Bertz CT molecular complexity index is 1110. The molecule has 0 aromatic heterocycles. The van der Waals surface area contributed by atoms with Crippen LogP contribution >= 0.6 is 11.8 Å². The van der Waals surface area contributed by atoms with Gasteiger partial charge in [0.05, 0.1) is 30.3 Å². The second-order valence-corrected chi connectivity index (χ2v) is 10.4. The number of nitrogens with one attached hydrogen (secondary N) is 1. The Balaban J connectivity index is 1.57. The van der Waals surface area contributed by atoms with Gasteiger partial charge in [0.15, 0.2) is 15.0 Å². The summed E-state index contributed by atoms with van der Waals surface area (Å²) in [5, 5.41) is 3.02. The lowest BCUT2D eigenvalue weighted by Gasteiger charge is -2.24. The van der Waals surface area contributed by atoms with Gasteiger partial charge in [-0.25, -0.2) is 12.8 Å². The molecule has 2 atom stereocenters. The van der Waals surface area contributed by atoms with Crippen LogP contribution in [-0.4, -0.2) is 55.9 Å². The van der Waals surface area contributed by atoms with Crippen LogP contribution in [0.25, 0.3) is 0 Å². The number of carbonyl (C=O) groups excluding carboxylic acids is 1. The number of methoxy groups -OCH3 is 1. The molecule has 0 bridgehead atoms. The first-order valence-electron chi connectivity index (χ1n) is 9.25. The molecule has 1 N–H and O–H groups in total. The monoisotopic (exact) mass is 449 g/mol. The number of para-hydroxylation sites is 1. The average molecular weight is 450 g/mol. The Labute approximate surface area is 178 Å². The predicted octanol–water partition coefficient (Wildman–Crippen LogP) is 2.55. The van der Waals surface area contributed by atoms with Gasteiger partial charge in [0.1, 0.15) is 18.1 Å². The molecule has 0 aliphatic carbocycles. The van der Waals surface area contributed by atoms with Crippen LogP contribution in [0.15, 0.2) is 53.5 Å². The smallest absolute Gasteiger partial charge is 0.244 e. The van der Waals surface area contributed by atoms with Crippen molar-refractivity contribution in [3.63, 3.8) is 0 Å². The van der Waals surface area contributed by atoms with Crippen molar-refractivity contribution in [2.24, 2.45) is 4.99 Å². The lowest BCUT2D eigenvalue weighted by Crippen LogP contribution is -2.37. The fraction of sp³-hybridized carbons (Fsp3) is 0.300. The van der Waals surface area contributed by atoms with Crippen LogP contribution in [0.4, 0.5) is 15.8 Å². The van der Waals surface area contributed by atoms with Gasteiger partial charge in [-0.1, -0.05) is 30.0 Å². The second-order valence-electron chi connectivity index (χ2n) is 7.03. The summed E-state index contributed by atoms with van der Waals surface area (Å²) >= 11 is 1.28. The number of carbonyl (C=O) groups is 1. The maximum atomic E-state index is 14.5. The van der Waals surface area contributed by atoms with E-state index in [1.807, 2.05) is 0 Å². The van der Waals surface area contributed by atoms with Crippen molar-refractivity contribution in [3.8, 4) is 5.75 Å². The lowest BCUT2D eigenvalue weighted by molar-refractivity contribution is -0.114. The van der Waals surface area contributed by atoms with Crippen molar-refractivity contribution >= 4 is 44.0 Å². The van der Waals surface area contributed by atoms with Gasteiger partial charge in [-0.05, 0) is 24.3 Å². The molecule has 1 amide bonds. The zero-order valence-corrected chi connectivity index (χ0v) is 17.7. The number of halogens is 1. The van der Waals surface area contributed by atoms with Crippen LogP contribution < -0.4 is 15.0 Å². The summed E-state index contributed by atoms with van der Waals surface area (Å²) in [6.07, 6.45) is 0. The molecular weight excluding hydrogens is 429 g/mol. The molecule has 30 heavy (non-hydrogen) atoms. The largest absolute Gasteiger partial charge is 0.497 e. The number of amidine groups is 1. The zero-order valence-electron chi connectivity index (χ0n) is 16.1. The van der Waals surface area contributed by atoms with Gasteiger partial charge < -0.3 is 15.0 Å². The summed E-state index contributed by atoms with van der Waals surface area (Å²) in [5.41, 5.74) is 0.768. The van der Waals surface area contributed by atoms with Gasteiger partial charge in [0, 0.05) is 17.0 Å². The fourth-order valence-electron chi connectivity index (χ4n) is 3.44. The molecule has 0 spiro atoms. The van der Waals surface area contributed by atoms with Crippen molar-refractivity contribution in [1.29, 1.82) is 0 Å². The van der Waals surface area contributed by atoms with E-state index in [1.165, 1.54) is 29.8 Å². The summed E-state index contributed by atoms with van der Waals surface area (Å²) in [6.45, 7) is -0.170. The van der Waals surface area contributed by atoms with Crippen LogP contribution in [0, 0.1) is 5.82 Å². The number of amides is 1. The zero-order chi connectivity index (χ0) is 21.3. The summed E-state index contributed by atoms with van der Waals surface area (Å²) in [6, 6.07) is 12.7. The number of hydrogen-bond acceptors (Lipinski definition) is 7. The highest BCUT2D eigenvalue weighted by atomic mass is 32.2. The Kier molecular flexibility index (Phi) is 5.70. The number of ether oxygens (including phenoxy) is 1. The molecule has 2 aromatic carbocycles. The van der Waals surface area contributed by atoms with Crippen molar-refractivity contribution in [2.75, 3.05) is 35.4 Å².